The van der Waals surface area contributed by atoms with Crippen molar-refractivity contribution in [1.29, 1.82) is 0 Å². The van der Waals surface area contributed by atoms with Crippen LogP contribution >= 0.6 is 11.3 Å². The second kappa shape index (κ2) is 8.15. The van der Waals surface area contributed by atoms with Gasteiger partial charge in [-0.05, 0) is 47.5 Å². The summed E-state index contributed by atoms with van der Waals surface area (Å²) in [6.45, 7) is 10.5. The van der Waals surface area contributed by atoms with E-state index >= 15 is 0 Å². The molecule has 1 amide bonds. The summed E-state index contributed by atoms with van der Waals surface area (Å²) in [6, 6.07) is -0.0771. The van der Waals surface area contributed by atoms with Gasteiger partial charge in [0.25, 0.3) is 5.56 Å². The molecule has 5 heterocycles. The summed E-state index contributed by atoms with van der Waals surface area (Å²) < 4.78 is 9.50. The predicted molar refractivity (Wildman–Crippen MR) is 129 cm³/mol. The van der Waals surface area contributed by atoms with Crippen LogP contribution in [0.5, 0.6) is 0 Å². The van der Waals surface area contributed by atoms with Gasteiger partial charge in [0.05, 0.1) is 23.6 Å². The standard InChI is InChI=1S/C23H27N7O3S/c1-13-11-29-12-17(26-14(2)19(29)25-13)20-27-16-10-24-30(21(31)18(16)34-20)15-6-8-28(9-7-15)22(32)33-23(3,4)5/h10-12,15H,6-9H2,1-5H3. The number of hydrogen-bond donors (Lipinski definition) is 0. The second-order valence-electron chi connectivity index (χ2n) is 9.65. The zero-order valence-corrected chi connectivity index (χ0v) is 20.7. The zero-order chi connectivity index (χ0) is 24.2. The first-order valence-electron chi connectivity index (χ1n) is 11.3. The summed E-state index contributed by atoms with van der Waals surface area (Å²) >= 11 is 1.33. The lowest BCUT2D eigenvalue weighted by Crippen LogP contribution is -2.43. The summed E-state index contributed by atoms with van der Waals surface area (Å²) in [6.07, 6.45) is 6.43. The lowest BCUT2D eigenvalue weighted by molar-refractivity contribution is 0.0183. The van der Waals surface area contributed by atoms with Gasteiger partial charge in [0.2, 0.25) is 0 Å². The highest BCUT2D eigenvalue weighted by molar-refractivity contribution is 7.21. The zero-order valence-electron chi connectivity index (χ0n) is 19.9. The van der Waals surface area contributed by atoms with E-state index in [-0.39, 0.29) is 17.7 Å². The third kappa shape index (κ3) is 4.15. The monoisotopic (exact) mass is 481 g/mol. The van der Waals surface area contributed by atoms with E-state index in [9.17, 15) is 9.59 Å². The van der Waals surface area contributed by atoms with Gasteiger partial charge in [-0.2, -0.15) is 5.10 Å². The molecule has 1 fully saturated rings. The maximum absolute atomic E-state index is 13.3. The number of piperidine rings is 1. The molecule has 0 saturated carbocycles. The molecule has 1 aliphatic heterocycles. The minimum atomic E-state index is -0.532. The average molecular weight is 482 g/mol. The number of nitrogens with zero attached hydrogens (tertiary/aromatic N) is 7. The molecule has 0 N–H and O–H groups in total. The van der Waals surface area contributed by atoms with Crippen LogP contribution in [-0.2, 0) is 4.74 Å². The maximum atomic E-state index is 13.3. The first-order valence-corrected chi connectivity index (χ1v) is 12.1. The minimum absolute atomic E-state index is 0.0771. The maximum Gasteiger partial charge on any atom is 0.410 e. The molecule has 4 aromatic heterocycles. The van der Waals surface area contributed by atoms with Crippen molar-refractivity contribution in [1.82, 2.24) is 34.0 Å². The number of imidazole rings is 1. The Morgan fingerprint density at radius 3 is 2.56 bits per heavy atom. The Morgan fingerprint density at radius 2 is 1.85 bits per heavy atom. The van der Waals surface area contributed by atoms with E-state index in [2.05, 4.69) is 20.1 Å². The van der Waals surface area contributed by atoms with Gasteiger partial charge in [0.15, 0.2) is 5.65 Å². The topological polar surface area (TPSA) is 108 Å². The van der Waals surface area contributed by atoms with E-state index in [1.165, 1.54) is 16.0 Å². The molecule has 1 saturated heterocycles. The highest BCUT2D eigenvalue weighted by Crippen LogP contribution is 2.29. The Morgan fingerprint density at radius 1 is 1.12 bits per heavy atom. The number of aromatic nitrogens is 6. The van der Waals surface area contributed by atoms with Gasteiger partial charge < -0.3 is 14.0 Å². The first-order chi connectivity index (χ1) is 16.1. The fraction of sp³-hybridized carbons (Fsp3) is 0.478. The molecule has 5 rings (SSSR count). The van der Waals surface area contributed by atoms with Crippen LogP contribution in [0.25, 0.3) is 26.6 Å². The number of fused-ring (bicyclic) bond motifs is 2. The van der Waals surface area contributed by atoms with Gasteiger partial charge in [0.1, 0.15) is 26.5 Å². The Kier molecular flexibility index (Phi) is 5.38. The van der Waals surface area contributed by atoms with E-state index in [4.69, 9.17) is 4.74 Å². The largest absolute Gasteiger partial charge is 0.444 e. The number of likely N-dealkylation sites (tertiary alicyclic amines) is 1. The van der Waals surface area contributed by atoms with Crippen LogP contribution in [0.4, 0.5) is 4.79 Å². The predicted octanol–water partition coefficient (Wildman–Crippen LogP) is 3.75. The lowest BCUT2D eigenvalue weighted by Gasteiger charge is -2.33. The Hall–Kier alpha value is -3.34. The molecule has 0 bridgehead atoms. The Balaban J connectivity index is 1.40. The van der Waals surface area contributed by atoms with Crippen molar-refractivity contribution in [2.45, 2.75) is 59.1 Å². The van der Waals surface area contributed by atoms with Gasteiger partial charge in [-0.15, -0.1) is 11.3 Å². The second-order valence-corrected chi connectivity index (χ2v) is 10.7. The van der Waals surface area contributed by atoms with Crippen molar-refractivity contribution in [2.75, 3.05) is 13.1 Å². The minimum Gasteiger partial charge on any atom is -0.444 e. The van der Waals surface area contributed by atoms with Crippen LogP contribution < -0.4 is 5.56 Å². The van der Waals surface area contributed by atoms with Crippen LogP contribution in [0.3, 0.4) is 0 Å². The molecule has 0 atom stereocenters. The number of aryl methyl sites for hydroxylation is 2. The number of thiazole rings is 1. The van der Waals surface area contributed by atoms with E-state index in [1.807, 2.05) is 51.4 Å². The normalized spacial score (nSPS) is 15.4. The molecule has 1 aliphatic rings. The van der Waals surface area contributed by atoms with Crippen LogP contribution in [-0.4, -0.2) is 58.8 Å². The van der Waals surface area contributed by atoms with Crippen molar-refractivity contribution in [2.24, 2.45) is 0 Å². The van der Waals surface area contributed by atoms with Crippen molar-refractivity contribution in [3.05, 3.63) is 40.3 Å². The third-order valence-electron chi connectivity index (χ3n) is 5.77. The van der Waals surface area contributed by atoms with Gasteiger partial charge in [-0.1, -0.05) is 0 Å². The quantitative estimate of drug-likeness (QED) is 0.429. The first kappa shape index (κ1) is 22.5. The van der Waals surface area contributed by atoms with Crippen LogP contribution in [0.1, 0.15) is 51.0 Å². The average Bonchev–Trinajstić information content (AvgIpc) is 3.37. The highest BCUT2D eigenvalue weighted by atomic mass is 32.1. The number of ether oxygens (including phenoxy) is 1. The summed E-state index contributed by atoms with van der Waals surface area (Å²) in [5, 5.41) is 5.08. The molecule has 0 radical (unpaired) electrons. The smallest absolute Gasteiger partial charge is 0.410 e. The van der Waals surface area contributed by atoms with Gasteiger partial charge in [0, 0.05) is 25.5 Å². The third-order valence-corrected chi connectivity index (χ3v) is 6.85. The Bertz CT molecular complexity index is 1460. The van der Waals surface area contributed by atoms with Gasteiger partial charge in [-0.25, -0.2) is 24.4 Å². The molecule has 0 spiro atoms. The highest BCUT2D eigenvalue weighted by Gasteiger charge is 2.29. The van der Waals surface area contributed by atoms with Crippen LogP contribution in [0.15, 0.2) is 23.4 Å². The van der Waals surface area contributed by atoms with Crippen LogP contribution in [0, 0.1) is 13.8 Å². The number of hydrogen-bond acceptors (Lipinski definition) is 8. The summed E-state index contributed by atoms with van der Waals surface area (Å²) in [4.78, 5) is 41.1. The SMILES string of the molecule is Cc1cn2cc(-c3nc4cnn(C5CCN(C(=O)OC(C)(C)C)CC5)c(=O)c4s3)nc(C)c2n1. The summed E-state index contributed by atoms with van der Waals surface area (Å²) in [5.41, 5.74) is 3.09. The van der Waals surface area contributed by atoms with E-state index in [1.54, 1.807) is 11.1 Å². The molecule has 4 aromatic rings. The molecule has 178 valence electrons. The van der Waals surface area contributed by atoms with E-state index in [0.29, 0.717) is 46.8 Å². The molecule has 34 heavy (non-hydrogen) atoms. The molecule has 10 nitrogen and oxygen atoms in total. The summed E-state index contributed by atoms with van der Waals surface area (Å²) in [5.74, 6) is 0. The van der Waals surface area contributed by atoms with Crippen molar-refractivity contribution < 1.29 is 9.53 Å². The Labute approximate surface area is 200 Å². The molecule has 0 aromatic carbocycles. The molecule has 0 unspecified atom stereocenters. The molecular weight excluding hydrogens is 454 g/mol. The van der Waals surface area contributed by atoms with E-state index in [0.717, 1.165) is 17.0 Å². The molecule has 11 heteroatoms. The van der Waals surface area contributed by atoms with Crippen molar-refractivity contribution in [3.8, 4) is 10.7 Å². The fourth-order valence-corrected chi connectivity index (χ4v) is 5.14. The number of rotatable bonds is 2. The molecular formula is C23H27N7O3S. The van der Waals surface area contributed by atoms with Crippen molar-refractivity contribution >= 4 is 33.3 Å². The number of amides is 1. The van der Waals surface area contributed by atoms with Crippen molar-refractivity contribution in [3.63, 3.8) is 0 Å². The van der Waals surface area contributed by atoms with Gasteiger partial charge >= 0.3 is 6.09 Å². The molecule has 0 aliphatic carbocycles. The number of carbonyl (C=O) groups is 1. The lowest BCUT2D eigenvalue weighted by atomic mass is 10.1. The van der Waals surface area contributed by atoms with E-state index < -0.39 is 5.60 Å². The summed E-state index contributed by atoms with van der Waals surface area (Å²) in [7, 11) is 0. The number of carbonyl (C=O) groups excluding carboxylic acids is 1. The van der Waals surface area contributed by atoms with Gasteiger partial charge in [-0.3, -0.25) is 4.79 Å². The van der Waals surface area contributed by atoms with Crippen LogP contribution in [0.2, 0.25) is 0 Å². The fourth-order valence-electron chi connectivity index (χ4n) is 4.21.